The summed E-state index contributed by atoms with van der Waals surface area (Å²) in [6.07, 6.45) is 6.00. The first-order chi connectivity index (χ1) is 9.22. The first-order valence-corrected chi connectivity index (χ1v) is 7.13. The highest BCUT2D eigenvalue weighted by atomic mass is 16.5. The summed E-state index contributed by atoms with van der Waals surface area (Å²) in [5.74, 6) is -0.00799. The number of nitrogens with zero attached hydrogens (tertiary/aromatic N) is 3. The third-order valence-electron chi connectivity index (χ3n) is 3.54. The summed E-state index contributed by atoms with van der Waals surface area (Å²) in [4.78, 5) is 14.1. The molecule has 2 rings (SSSR count). The van der Waals surface area contributed by atoms with Crippen molar-refractivity contribution in [1.82, 2.24) is 14.7 Å². The van der Waals surface area contributed by atoms with Crippen LogP contribution in [0.15, 0.2) is 12.4 Å². The van der Waals surface area contributed by atoms with E-state index in [1.54, 1.807) is 0 Å². The van der Waals surface area contributed by atoms with Crippen LogP contribution in [-0.2, 0) is 22.6 Å². The molecule has 1 aliphatic heterocycles. The summed E-state index contributed by atoms with van der Waals surface area (Å²) in [6, 6.07) is 0. The Labute approximate surface area is 114 Å². The minimum atomic E-state index is -0.0450. The fraction of sp³-hybridized carbons (Fsp3) is 0.714. The Morgan fingerprint density at radius 3 is 3.05 bits per heavy atom. The summed E-state index contributed by atoms with van der Waals surface area (Å²) in [6.45, 7) is 8.02. The standard InChI is InChI=1S/C14H23N3O2/c1-3-17-10-12(8-15-17)9-16-7-5-6-13(11-16)14(18)19-4-2/h8,10,13H,3-7,9,11H2,1-2H3/t13-/m0/s1. The fourth-order valence-electron chi connectivity index (χ4n) is 2.57. The molecule has 2 heterocycles. The molecule has 1 aromatic rings. The van der Waals surface area contributed by atoms with Crippen molar-refractivity contribution in [2.75, 3.05) is 19.7 Å². The zero-order chi connectivity index (χ0) is 13.7. The third-order valence-corrected chi connectivity index (χ3v) is 3.54. The van der Waals surface area contributed by atoms with Crippen LogP contribution >= 0.6 is 0 Å². The Hall–Kier alpha value is -1.36. The van der Waals surface area contributed by atoms with Crippen molar-refractivity contribution in [3.05, 3.63) is 18.0 Å². The number of rotatable bonds is 5. The van der Waals surface area contributed by atoms with Gasteiger partial charge in [-0.05, 0) is 33.2 Å². The van der Waals surface area contributed by atoms with Crippen LogP contribution in [0.4, 0.5) is 0 Å². The molecule has 19 heavy (non-hydrogen) atoms. The van der Waals surface area contributed by atoms with E-state index in [1.807, 2.05) is 17.8 Å². The predicted octanol–water partition coefficient (Wildman–Crippen LogP) is 1.68. The Morgan fingerprint density at radius 2 is 2.37 bits per heavy atom. The van der Waals surface area contributed by atoms with Gasteiger partial charge >= 0.3 is 5.97 Å². The number of aromatic nitrogens is 2. The molecule has 0 aromatic carbocycles. The van der Waals surface area contributed by atoms with E-state index in [-0.39, 0.29) is 11.9 Å². The van der Waals surface area contributed by atoms with Crippen LogP contribution < -0.4 is 0 Å². The molecular formula is C14H23N3O2. The molecular weight excluding hydrogens is 242 g/mol. The monoisotopic (exact) mass is 265 g/mol. The lowest BCUT2D eigenvalue weighted by atomic mass is 9.98. The molecule has 1 aliphatic rings. The number of carbonyl (C=O) groups is 1. The summed E-state index contributed by atoms with van der Waals surface area (Å²) >= 11 is 0. The quantitative estimate of drug-likeness (QED) is 0.760. The van der Waals surface area contributed by atoms with Crippen LogP contribution in [0.25, 0.3) is 0 Å². The van der Waals surface area contributed by atoms with Gasteiger partial charge in [0.2, 0.25) is 0 Å². The number of ether oxygens (including phenoxy) is 1. The lowest BCUT2D eigenvalue weighted by Gasteiger charge is -2.31. The van der Waals surface area contributed by atoms with Crippen LogP contribution in [0.3, 0.4) is 0 Å². The first-order valence-electron chi connectivity index (χ1n) is 7.13. The molecule has 0 spiro atoms. The molecule has 1 saturated heterocycles. The van der Waals surface area contributed by atoms with E-state index in [9.17, 15) is 4.79 Å². The van der Waals surface area contributed by atoms with Gasteiger partial charge in [-0.2, -0.15) is 5.10 Å². The van der Waals surface area contributed by atoms with E-state index < -0.39 is 0 Å². The van der Waals surface area contributed by atoms with Crippen molar-refractivity contribution in [2.24, 2.45) is 5.92 Å². The lowest BCUT2D eigenvalue weighted by Crippen LogP contribution is -2.38. The van der Waals surface area contributed by atoms with Gasteiger partial charge in [0.05, 0.1) is 18.7 Å². The van der Waals surface area contributed by atoms with Gasteiger partial charge in [-0.3, -0.25) is 14.4 Å². The zero-order valence-corrected chi connectivity index (χ0v) is 11.8. The molecule has 0 unspecified atom stereocenters. The molecule has 5 heteroatoms. The molecule has 0 radical (unpaired) electrons. The van der Waals surface area contributed by atoms with Crippen molar-refractivity contribution < 1.29 is 9.53 Å². The topological polar surface area (TPSA) is 47.4 Å². The number of piperidine rings is 1. The highest BCUT2D eigenvalue weighted by Crippen LogP contribution is 2.19. The highest BCUT2D eigenvalue weighted by Gasteiger charge is 2.26. The number of likely N-dealkylation sites (tertiary alicyclic amines) is 1. The normalized spacial score (nSPS) is 20.4. The van der Waals surface area contributed by atoms with Crippen molar-refractivity contribution >= 4 is 5.97 Å². The SMILES string of the molecule is CCOC(=O)[C@H]1CCCN(Cc2cnn(CC)c2)C1. The van der Waals surface area contributed by atoms with Crippen molar-refractivity contribution in [1.29, 1.82) is 0 Å². The smallest absolute Gasteiger partial charge is 0.310 e. The van der Waals surface area contributed by atoms with Gasteiger partial charge < -0.3 is 4.74 Å². The number of hydrogen-bond donors (Lipinski definition) is 0. The number of aryl methyl sites for hydroxylation is 1. The largest absolute Gasteiger partial charge is 0.466 e. The van der Waals surface area contributed by atoms with Gasteiger partial charge in [-0.1, -0.05) is 0 Å². The van der Waals surface area contributed by atoms with Crippen molar-refractivity contribution in [3.63, 3.8) is 0 Å². The van der Waals surface area contributed by atoms with E-state index in [0.717, 1.165) is 39.0 Å². The highest BCUT2D eigenvalue weighted by molar-refractivity contribution is 5.72. The van der Waals surface area contributed by atoms with Gasteiger partial charge in [0.25, 0.3) is 0 Å². The number of hydrogen-bond acceptors (Lipinski definition) is 4. The molecule has 0 N–H and O–H groups in total. The molecule has 1 fully saturated rings. The summed E-state index contributed by atoms with van der Waals surface area (Å²) < 4.78 is 7.05. The Kier molecular flexibility index (Phi) is 4.96. The van der Waals surface area contributed by atoms with Crippen LogP contribution in [0, 0.1) is 5.92 Å². The van der Waals surface area contributed by atoms with Crippen LogP contribution in [-0.4, -0.2) is 40.3 Å². The number of carbonyl (C=O) groups excluding carboxylic acids is 1. The van der Waals surface area contributed by atoms with Crippen molar-refractivity contribution in [3.8, 4) is 0 Å². The van der Waals surface area contributed by atoms with Crippen LogP contribution in [0.1, 0.15) is 32.3 Å². The Balaban J connectivity index is 1.88. The first kappa shape index (κ1) is 14.1. The molecule has 106 valence electrons. The van der Waals surface area contributed by atoms with Gasteiger partial charge in [0.1, 0.15) is 0 Å². The second-order valence-corrected chi connectivity index (χ2v) is 5.03. The maximum absolute atomic E-state index is 11.8. The van der Waals surface area contributed by atoms with Gasteiger partial charge in [0.15, 0.2) is 0 Å². The zero-order valence-electron chi connectivity index (χ0n) is 11.8. The minimum Gasteiger partial charge on any atom is -0.466 e. The Bertz CT molecular complexity index is 417. The summed E-state index contributed by atoms with van der Waals surface area (Å²) in [5.41, 5.74) is 1.21. The molecule has 1 aromatic heterocycles. The third kappa shape index (κ3) is 3.80. The maximum atomic E-state index is 11.8. The van der Waals surface area contributed by atoms with Gasteiger partial charge in [0, 0.05) is 31.4 Å². The second kappa shape index (κ2) is 6.70. The second-order valence-electron chi connectivity index (χ2n) is 5.03. The molecule has 1 atom stereocenters. The minimum absolute atomic E-state index is 0.0370. The molecule has 0 bridgehead atoms. The van der Waals surface area contributed by atoms with E-state index in [1.165, 1.54) is 5.56 Å². The molecule has 5 nitrogen and oxygen atoms in total. The van der Waals surface area contributed by atoms with E-state index in [0.29, 0.717) is 6.61 Å². The van der Waals surface area contributed by atoms with Gasteiger partial charge in [-0.25, -0.2) is 0 Å². The average molecular weight is 265 g/mol. The van der Waals surface area contributed by atoms with Crippen LogP contribution in [0.2, 0.25) is 0 Å². The molecule has 0 amide bonds. The molecule has 0 saturated carbocycles. The van der Waals surface area contributed by atoms with Crippen LogP contribution in [0.5, 0.6) is 0 Å². The van der Waals surface area contributed by atoms with E-state index >= 15 is 0 Å². The Morgan fingerprint density at radius 1 is 1.53 bits per heavy atom. The number of esters is 1. The average Bonchev–Trinajstić information content (AvgIpc) is 2.87. The maximum Gasteiger partial charge on any atom is 0.310 e. The summed E-state index contributed by atoms with van der Waals surface area (Å²) in [7, 11) is 0. The van der Waals surface area contributed by atoms with Crippen molar-refractivity contribution in [2.45, 2.75) is 39.8 Å². The lowest BCUT2D eigenvalue weighted by molar-refractivity contribution is -0.150. The van der Waals surface area contributed by atoms with E-state index in [2.05, 4.69) is 23.1 Å². The summed E-state index contributed by atoms with van der Waals surface area (Å²) in [5, 5.41) is 4.28. The van der Waals surface area contributed by atoms with Gasteiger partial charge in [-0.15, -0.1) is 0 Å². The molecule has 0 aliphatic carbocycles. The predicted molar refractivity (Wildman–Crippen MR) is 72.5 cm³/mol. The van der Waals surface area contributed by atoms with E-state index in [4.69, 9.17) is 4.74 Å². The fourth-order valence-corrected chi connectivity index (χ4v) is 2.57.